The van der Waals surface area contributed by atoms with Crippen LogP contribution < -0.4 is 0 Å². The molecule has 1 aliphatic heterocycles. The van der Waals surface area contributed by atoms with E-state index in [0.29, 0.717) is 6.04 Å². The van der Waals surface area contributed by atoms with Crippen LogP contribution >= 0.6 is 0 Å². The summed E-state index contributed by atoms with van der Waals surface area (Å²) in [7, 11) is 5.68. The second-order valence-electron chi connectivity index (χ2n) is 4.74. The molecular formula is C13H24N2O2. The summed E-state index contributed by atoms with van der Waals surface area (Å²) in [4.78, 5) is 16.0. The first kappa shape index (κ1) is 14.2. The minimum atomic E-state index is -0.198. The highest BCUT2D eigenvalue weighted by Crippen LogP contribution is 2.13. The maximum Gasteiger partial charge on any atom is 0.333 e. The fourth-order valence-electron chi connectivity index (χ4n) is 2.14. The Balaban J connectivity index is 2.45. The lowest BCUT2D eigenvalue weighted by atomic mass is 10.2. The number of ether oxygens (including phenoxy) is 1. The fourth-order valence-corrected chi connectivity index (χ4v) is 2.14. The summed E-state index contributed by atoms with van der Waals surface area (Å²) in [6.45, 7) is 5.02. The molecule has 0 aromatic heterocycles. The van der Waals surface area contributed by atoms with Crippen molar-refractivity contribution in [2.45, 2.75) is 25.8 Å². The highest BCUT2D eigenvalue weighted by molar-refractivity contribution is 5.88. The second-order valence-corrected chi connectivity index (χ2v) is 4.74. The molecule has 4 nitrogen and oxygen atoms in total. The number of rotatable bonds is 5. The van der Waals surface area contributed by atoms with Crippen LogP contribution in [0, 0.1) is 0 Å². The Bertz CT molecular complexity index is 287. The summed E-state index contributed by atoms with van der Waals surface area (Å²) in [6.07, 6.45) is 3.95. The smallest absolute Gasteiger partial charge is 0.333 e. The lowest BCUT2D eigenvalue weighted by Gasteiger charge is -2.19. The summed E-state index contributed by atoms with van der Waals surface area (Å²) in [6, 6.07) is 0.645. The summed E-state index contributed by atoms with van der Waals surface area (Å²) in [5.41, 5.74) is 0.779. The molecule has 0 radical (unpaired) electrons. The van der Waals surface area contributed by atoms with E-state index in [4.69, 9.17) is 4.74 Å². The normalized spacial score (nSPS) is 22.2. The van der Waals surface area contributed by atoms with Crippen LogP contribution in [0.15, 0.2) is 11.6 Å². The largest absolute Gasteiger partial charge is 0.466 e. The first-order chi connectivity index (χ1) is 8.08. The summed E-state index contributed by atoms with van der Waals surface area (Å²) < 4.78 is 4.74. The molecule has 1 unspecified atom stereocenters. The number of likely N-dealkylation sites (N-methyl/N-ethyl adjacent to an activating group) is 1. The topological polar surface area (TPSA) is 32.8 Å². The fraction of sp³-hybridized carbons (Fsp3) is 0.769. The average Bonchev–Trinajstić information content (AvgIpc) is 2.78. The Morgan fingerprint density at radius 3 is 2.71 bits per heavy atom. The number of likely N-dealkylation sites (tertiary alicyclic amines) is 1. The number of methoxy groups -OCH3 is 1. The minimum Gasteiger partial charge on any atom is -0.466 e. The van der Waals surface area contributed by atoms with Crippen LogP contribution in [-0.2, 0) is 9.53 Å². The van der Waals surface area contributed by atoms with Crippen LogP contribution in [0.4, 0.5) is 0 Å². The van der Waals surface area contributed by atoms with Crippen molar-refractivity contribution in [3.05, 3.63) is 11.6 Å². The van der Waals surface area contributed by atoms with Crippen molar-refractivity contribution in [1.82, 2.24) is 9.80 Å². The van der Waals surface area contributed by atoms with Gasteiger partial charge in [0.2, 0.25) is 0 Å². The van der Waals surface area contributed by atoms with Gasteiger partial charge in [0.25, 0.3) is 0 Å². The van der Waals surface area contributed by atoms with Gasteiger partial charge in [0, 0.05) is 31.2 Å². The molecule has 1 aliphatic rings. The number of nitrogens with zero attached hydrogens (tertiary/aromatic N) is 2. The van der Waals surface area contributed by atoms with E-state index in [1.54, 1.807) is 0 Å². The van der Waals surface area contributed by atoms with Crippen molar-refractivity contribution in [1.29, 1.82) is 0 Å². The van der Waals surface area contributed by atoms with Gasteiger partial charge in [-0.1, -0.05) is 13.0 Å². The molecular weight excluding hydrogens is 216 g/mol. The van der Waals surface area contributed by atoms with Crippen molar-refractivity contribution in [3.63, 3.8) is 0 Å². The van der Waals surface area contributed by atoms with Gasteiger partial charge in [0.05, 0.1) is 7.11 Å². The molecule has 0 aromatic carbocycles. The van der Waals surface area contributed by atoms with Gasteiger partial charge in [-0.15, -0.1) is 0 Å². The van der Waals surface area contributed by atoms with E-state index in [-0.39, 0.29) is 5.97 Å². The van der Waals surface area contributed by atoms with E-state index >= 15 is 0 Å². The molecule has 1 fully saturated rings. The van der Waals surface area contributed by atoms with Crippen LogP contribution in [-0.4, -0.2) is 62.7 Å². The van der Waals surface area contributed by atoms with Gasteiger partial charge in [-0.2, -0.15) is 0 Å². The highest BCUT2D eigenvalue weighted by Gasteiger charge is 2.23. The second kappa shape index (κ2) is 6.77. The van der Waals surface area contributed by atoms with Gasteiger partial charge >= 0.3 is 5.97 Å². The van der Waals surface area contributed by atoms with E-state index in [9.17, 15) is 4.79 Å². The van der Waals surface area contributed by atoms with Crippen LogP contribution in [0.5, 0.6) is 0 Å². The van der Waals surface area contributed by atoms with Crippen LogP contribution in [0.2, 0.25) is 0 Å². The summed E-state index contributed by atoms with van der Waals surface area (Å²) in [5.74, 6) is -0.198. The Morgan fingerprint density at radius 1 is 1.53 bits per heavy atom. The molecule has 0 amide bonds. The first-order valence-corrected chi connectivity index (χ1v) is 6.24. The molecule has 0 bridgehead atoms. The Labute approximate surface area is 104 Å². The van der Waals surface area contributed by atoms with E-state index in [1.165, 1.54) is 13.5 Å². The summed E-state index contributed by atoms with van der Waals surface area (Å²) in [5, 5.41) is 0. The zero-order chi connectivity index (χ0) is 12.8. The van der Waals surface area contributed by atoms with Gasteiger partial charge in [-0.3, -0.25) is 4.90 Å². The van der Waals surface area contributed by atoms with Crippen molar-refractivity contribution < 1.29 is 9.53 Å². The number of hydrogen-bond acceptors (Lipinski definition) is 4. The van der Waals surface area contributed by atoms with Gasteiger partial charge in [-0.25, -0.2) is 4.79 Å². The Hall–Kier alpha value is -0.870. The molecule has 4 heteroatoms. The molecule has 1 atom stereocenters. The average molecular weight is 240 g/mol. The maximum absolute atomic E-state index is 11.4. The lowest BCUT2D eigenvalue weighted by Crippen LogP contribution is -2.31. The molecule has 1 saturated heterocycles. The molecule has 17 heavy (non-hydrogen) atoms. The molecule has 0 spiro atoms. The lowest BCUT2D eigenvalue weighted by molar-refractivity contribution is -0.136. The third-order valence-corrected chi connectivity index (χ3v) is 3.40. The van der Waals surface area contributed by atoms with Gasteiger partial charge in [0.1, 0.15) is 0 Å². The molecule has 0 aromatic rings. The van der Waals surface area contributed by atoms with Crippen LogP contribution in [0.25, 0.3) is 0 Å². The van der Waals surface area contributed by atoms with E-state index in [1.807, 2.05) is 13.0 Å². The summed E-state index contributed by atoms with van der Waals surface area (Å²) >= 11 is 0. The third-order valence-electron chi connectivity index (χ3n) is 3.40. The Kier molecular flexibility index (Phi) is 5.65. The predicted molar refractivity (Wildman–Crippen MR) is 68.9 cm³/mol. The molecule has 1 rings (SSSR count). The third kappa shape index (κ3) is 4.13. The molecule has 0 aliphatic carbocycles. The highest BCUT2D eigenvalue weighted by atomic mass is 16.5. The van der Waals surface area contributed by atoms with Crippen LogP contribution in [0.3, 0.4) is 0 Å². The molecule has 0 N–H and O–H groups in total. The SMILES string of the molecule is CCC(=CCN1CCC(N(C)C)C1)C(=O)OC. The first-order valence-electron chi connectivity index (χ1n) is 6.24. The van der Waals surface area contributed by atoms with Gasteiger partial charge in [0.15, 0.2) is 0 Å². The standard InChI is InChI=1S/C13H24N2O2/c1-5-11(13(16)17-4)6-8-15-9-7-12(10-15)14(2)3/h6,12H,5,7-10H2,1-4H3. The maximum atomic E-state index is 11.4. The monoisotopic (exact) mass is 240 g/mol. The van der Waals surface area contributed by atoms with E-state index in [2.05, 4.69) is 23.9 Å². The van der Waals surface area contributed by atoms with Crippen molar-refractivity contribution in [2.75, 3.05) is 40.8 Å². The van der Waals surface area contributed by atoms with Crippen molar-refractivity contribution in [3.8, 4) is 0 Å². The Morgan fingerprint density at radius 2 is 2.24 bits per heavy atom. The van der Waals surface area contributed by atoms with Gasteiger partial charge < -0.3 is 9.64 Å². The number of carbonyl (C=O) groups excluding carboxylic acids is 1. The number of carbonyl (C=O) groups is 1. The van der Waals surface area contributed by atoms with Gasteiger partial charge in [-0.05, 0) is 26.9 Å². The predicted octanol–water partition coefficient (Wildman–Crippen LogP) is 1.13. The molecule has 98 valence electrons. The van der Waals surface area contributed by atoms with E-state index in [0.717, 1.165) is 31.6 Å². The molecule has 1 heterocycles. The quantitative estimate of drug-likeness (QED) is 0.533. The zero-order valence-corrected chi connectivity index (χ0v) is 11.4. The molecule has 0 saturated carbocycles. The number of hydrogen-bond donors (Lipinski definition) is 0. The number of esters is 1. The minimum absolute atomic E-state index is 0.198. The van der Waals surface area contributed by atoms with Crippen molar-refractivity contribution in [2.24, 2.45) is 0 Å². The zero-order valence-electron chi connectivity index (χ0n) is 11.4. The van der Waals surface area contributed by atoms with E-state index < -0.39 is 0 Å². The van der Waals surface area contributed by atoms with Crippen molar-refractivity contribution >= 4 is 5.97 Å². The van der Waals surface area contributed by atoms with Crippen LogP contribution in [0.1, 0.15) is 19.8 Å².